The van der Waals surface area contributed by atoms with Gasteiger partial charge in [0.05, 0.1) is 26.1 Å². The van der Waals surface area contributed by atoms with Gasteiger partial charge in [0, 0.05) is 6.04 Å². The van der Waals surface area contributed by atoms with E-state index in [1.807, 2.05) is 0 Å². The summed E-state index contributed by atoms with van der Waals surface area (Å²) in [7, 11) is 1.24. The summed E-state index contributed by atoms with van der Waals surface area (Å²) in [5.74, 6) is -0.354. The van der Waals surface area contributed by atoms with Crippen LogP contribution in [0.4, 0.5) is 5.82 Å². The maximum atomic E-state index is 12.0. The summed E-state index contributed by atoms with van der Waals surface area (Å²) in [6.07, 6.45) is 2.39. The number of anilines is 1. The molecule has 118 valence electrons. The first kappa shape index (κ1) is 14.7. The van der Waals surface area contributed by atoms with E-state index in [-0.39, 0.29) is 24.7 Å². The highest BCUT2D eigenvalue weighted by Gasteiger charge is 2.53. The zero-order chi connectivity index (χ0) is 15.9. The van der Waals surface area contributed by atoms with Gasteiger partial charge in [-0.3, -0.25) is 4.79 Å². The van der Waals surface area contributed by atoms with Crippen LogP contribution in [0.25, 0.3) is 11.2 Å². The summed E-state index contributed by atoms with van der Waals surface area (Å²) in [4.78, 5) is 24.2. The lowest BCUT2D eigenvalue weighted by molar-refractivity contribution is -0.161. The molecule has 2 heterocycles. The van der Waals surface area contributed by atoms with Crippen molar-refractivity contribution >= 4 is 23.0 Å². The number of hydrogen-bond donors (Lipinski definition) is 3. The van der Waals surface area contributed by atoms with Crippen LogP contribution in [0.2, 0.25) is 0 Å². The minimum absolute atomic E-state index is 0.229. The summed E-state index contributed by atoms with van der Waals surface area (Å²) in [6, 6.07) is -0.249. The quantitative estimate of drug-likeness (QED) is 0.630. The predicted molar refractivity (Wildman–Crippen MR) is 75.5 cm³/mol. The number of imidazole rings is 1. The molecular weight excluding hydrogens is 290 g/mol. The number of nitrogens with zero attached hydrogens (tertiary/aromatic N) is 4. The summed E-state index contributed by atoms with van der Waals surface area (Å²) >= 11 is 0. The molecule has 1 aliphatic carbocycles. The lowest BCUT2D eigenvalue weighted by Crippen LogP contribution is -2.42. The molecule has 3 atom stereocenters. The van der Waals surface area contributed by atoms with Crippen molar-refractivity contribution in [1.29, 1.82) is 0 Å². The number of aliphatic hydroxyl groups is 2. The van der Waals surface area contributed by atoms with Gasteiger partial charge in [-0.05, 0) is 12.8 Å². The Kier molecular flexibility index (Phi) is 3.45. The van der Waals surface area contributed by atoms with Crippen LogP contribution in [0.3, 0.4) is 0 Å². The van der Waals surface area contributed by atoms with E-state index < -0.39 is 24.1 Å². The second-order valence-electron chi connectivity index (χ2n) is 5.50. The van der Waals surface area contributed by atoms with Crippen LogP contribution in [-0.2, 0) is 9.53 Å². The minimum Gasteiger partial charge on any atom is -0.468 e. The van der Waals surface area contributed by atoms with E-state index in [1.165, 1.54) is 13.4 Å². The monoisotopic (exact) mass is 307 g/mol. The fourth-order valence-corrected chi connectivity index (χ4v) is 3.13. The lowest BCUT2D eigenvalue weighted by Gasteiger charge is -2.27. The molecule has 0 spiro atoms. The zero-order valence-electron chi connectivity index (χ0n) is 12.0. The number of carbonyl (C=O) groups excluding carboxylic acids is 1. The van der Waals surface area contributed by atoms with Gasteiger partial charge in [0.25, 0.3) is 0 Å². The third-order valence-electron chi connectivity index (χ3n) is 4.39. The highest BCUT2D eigenvalue weighted by molar-refractivity contribution is 5.81. The van der Waals surface area contributed by atoms with E-state index in [2.05, 4.69) is 15.0 Å². The maximum Gasteiger partial charge on any atom is 0.316 e. The van der Waals surface area contributed by atoms with Gasteiger partial charge in [0.15, 0.2) is 11.5 Å². The normalized spacial score (nSPS) is 28.1. The predicted octanol–water partition coefficient (Wildman–Crippen LogP) is -0.744. The fourth-order valence-electron chi connectivity index (χ4n) is 3.13. The second-order valence-corrected chi connectivity index (χ2v) is 5.50. The van der Waals surface area contributed by atoms with Gasteiger partial charge in [-0.2, -0.15) is 0 Å². The molecule has 1 saturated carbocycles. The molecule has 9 nitrogen and oxygen atoms in total. The molecule has 1 fully saturated rings. The van der Waals surface area contributed by atoms with E-state index in [9.17, 15) is 15.0 Å². The molecule has 0 aliphatic heterocycles. The number of fused-ring (bicyclic) bond motifs is 1. The smallest absolute Gasteiger partial charge is 0.316 e. The number of esters is 1. The van der Waals surface area contributed by atoms with Crippen molar-refractivity contribution in [2.45, 2.75) is 25.0 Å². The molecule has 2 aromatic heterocycles. The minimum atomic E-state index is -1.32. The second kappa shape index (κ2) is 5.18. The number of hydrogen-bond acceptors (Lipinski definition) is 8. The van der Waals surface area contributed by atoms with E-state index in [1.54, 1.807) is 10.9 Å². The number of aliphatic hydroxyl groups excluding tert-OH is 2. The van der Waals surface area contributed by atoms with Crippen molar-refractivity contribution in [1.82, 2.24) is 19.5 Å². The van der Waals surface area contributed by atoms with Crippen LogP contribution in [0.5, 0.6) is 0 Å². The number of nitrogens with two attached hydrogens (primary N) is 1. The third-order valence-corrected chi connectivity index (χ3v) is 4.39. The van der Waals surface area contributed by atoms with Crippen LogP contribution in [0.15, 0.2) is 12.7 Å². The van der Waals surface area contributed by atoms with E-state index in [0.717, 1.165) is 0 Å². The molecule has 9 heteroatoms. The first-order valence-corrected chi connectivity index (χ1v) is 6.84. The van der Waals surface area contributed by atoms with E-state index in [4.69, 9.17) is 10.5 Å². The summed E-state index contributed by atoms with van der Waals surface area (Å²) in [5, 5.41) is 19.9. The summed E-state index contributed by atoms with van der Waals surface area (Å²) in [6.45, 7) is -0.485. The molecule has 0 unspecified atom stereocenters. The number of rotatable bonds is 3. The van der Waals surface area contributed by atoms with Crippen molar-refractivity contribution < 1.29 is 19.7 Å². The fraction of sp³-hybridized carbons (Fsp3) is 0.538. The molecule has 22 heavy (non-hydrogen) atoms. The summed E-state index contributed by atoms with van der Waals surface area (Å²) < 4.78 is 6.49. The number of carbonyl (C=O) groups is 1. The van der Waals surface area contributed by atoms with Crippen LogP contribution in [0, 0.1) is 5.41 Å². The molecule has 2 aromatic rings. The Balaban J connectivity index is 2.00. The Bertz CT molecular complexity index is 718. The Morgan fingerprint density at radius 1 is 1.55 bits per heavy atom. The SMILES string of the molecule is COC(=O)[C@]1(CO)C[C@@H](n2cnc3c(N)ncnc32)C[C@H]1O. The zero-order valence-corrected chi connectivity index (χ0v) is 12.0. The van der Waals surface area contributed by atoms with Gasteiger partial charge < -0.3 is 25.3 Å². The van der Waals surface area contributed by atoms with Crippen LogP contribution >= 0.6 is 0 Å². The number of nitrogen functional groups attached to an aromatic ring is 1. The van der Waals surface area contributed by atoms with Crippen LogP contribution in [0.1, 0.15) is 18.9 Å². The van der Waals surface area contributed by atoms with Crippen molar-refractivity contribution in [2.75, 3.05) is 19.5 Å². The molecule has 0 amide bonds. The Morgan fingerprint density at radius 2 is 2.32 bits per heavy atom. The topological polar surface area (TPSA) is 136 Å². The Hall–Kier alpha value is -2.26. The average molecular weight is 307 g/mol. The van der Waals surface area contributed by atoms with Gasteiger partial charge in [0.1, 0.15) is 17.3 Å². The Morgan fingerprint density at radius 3 is 3.00 bits per heavy atom. The van der Waals surface area contributed by atoms with Crippen molar-refractivity contribution in [3.8, 4) is 0 Å². The molecule has 0 bridgehead atoms. The van der Waals surface area contributed by atoms with Gasteiger partial charge in [-0.15, -0.1) is 0 Å². The van der Waals surface area contributed by atoms with Gasteiger partial charge in [-0.25, -0.2) is 15.0 Å². The van der Waals surface area contributed by atoms with Crippen molar-refractivity contribution in [3.05, 3.63) is 12.7 Å². The number of ether oxygens (including phenoxy) is 1. The first-order valence-electron chi connectivity index (χ1n) is 6.84. The average Bonchev–Trinajstić information content (AvgIpc) is 3.09. The molecule has 4 N–H and O–H groups in total. The summed E-state index contributed by atoms with van der Waals surface area (Å²) in [5.41, 5.74) is 5.43. The highest BCUT2D eigenvalue weighted by Crippen LogP contribution is 2.45. The number of aromatic nitrogens is 4. The van der Waals surface area contributed by atoms with E-state index in [0.29, 0.717) is 11.2 Å². The standard InChI is InChI=1S/C13H17N5O4/c1-22-12(21)13(4-19)3-7(2-8(13)20)18-6-17-9-10(14)15-5-16-11(9)18/h5-8,19-20H,2-4H2,1H3,(H2,14,15,16)/t7-,8+,13-/m0/s1. The molecule has 1 aliphatic rings. The van der Waals surface area contributed by atoms with Crippen LogP contribution < -0.4 is 5.73 Å². The third kappa shape index (κ3) is 1.93. The number of methoxy groups -OCH3 is 1. The van der Waals surface area contributed by atoms with Gasteiger partial charge in [-0.1, -0.05) is 0 Å². The van der Waals surface area contributed by atoms with Gasteiger partial charge >= 0.3 is 5.97 Å². The molecule has 0 saturated heterocycles. The van der Waals surface area contributed by atoms with Crippen molar-refractivity contribution in [3.63, 3.8) is 0 Å². The molecule has 0 aromatic carbocycles. The lowest BCUT2D eigenvalue weighted by atomic mass is 9.85. The molecular formula is C13H17N5O4. The molecule has 3 rings (SSSR count). The Labute approximate surface area is 125 Å². The highest BCUT2D eigenvalue weighted by atomic mass is 16.5. The van der Waals surface area contributed by atoms with Gasteiger partial charge in [0.2, 0.25) is 0 Å². The van der Waals surface area contributed by atoms with Crippen molar-refractivity contribution in [2.24, 2.45) is 5.41 Å². The van der Waals surface area contributed by atoms with Crippen LogP contribution in [-0.4, -0.2) is 55.5 Å². The maximum absolute atomic E-state index is 12.0. The largest absolute Gasteiger partial charge is 0.468 e. The first-order chi connectivity index (χ1) is 10.5. The molecule has 0 radical (unpaired) electrons. The van der Waals surface area contributed by atoms with E-state index >= 15 is 0 Å².